The van der Waals surface area contributed by atoms with Crippen molar-refractivity contribution < 1.29 is 9.18 Å². The molecule has 0 aliphatic rings. The predicted molar refractivity (Wildman–Crippen MR) is 80.8 cm³/mol. The van der Waals surface area contributed by atoms with Gasteiger partial charge in [-0.1, -0.05) is 12.1 Å². The summed E-state index contributed by atoms with van der Waals surface area (Å²) in [5.41, 5.74) is 1.29. The summed E-state index contributed by atoms with van der Waals surface area (Å²) in [7, 11) is 3.82. The van der Waals surface area contributed by atoms with E-state index in [0.29, 0.717) is 12.2 Å². The SMILES string of the molecule is CN(C)c1ccc(CNC(=O)Nc2cccc(F)c2)cn1. The molecule has 0 bridgehead atoms. The lowest BCUT2D eigenvalue weighted by Crippen LogP contribution is -2.28. The molecule has 0 fully saturated rings. The topological polar surface area (TPSA) is 57.3 Å². The Hall–Kier alpha value is -2.63. The number of carbonyl (C=O) groups is 1. The van der Waals surface area contributed by atoms with Crippen LogP contribution >= 0.6 is 0 Å². The summed E-state index contributed by atoms with van der Waals surface area (Å²) in [4.78, 5) is 17.9. The molecule has 0 aliphatic heterocycles. The minimum absolute atomic E-state index is 0.349. The molecule has 1 aromatic carbocycles. The minimum Gasteiger partial charge on any atom is -0.363 e. The molecule has 0 aliphatic carbocycles. The maximum atomic E-state index is 13.0. The third kappa shape index (κ3) is 4.45. The van der Waals surface area contributed by atoms with Gasteiger partial charge < -0.3 is 15.5 Å². The van der Waals surface area contributed by atoms with Crippen LogP contribution in [0, 0.1) is 5.82 Å². The van der Waals surface area contributed by atoms with E-state index in [1.165, 1.54) is 18.2 Å². The predicted octanol–water partition coefficient (Wildman–Crippen LogP) is 2.61. The molecular weight excluding hydrogens is 271 g/mol. The summed E-state index contributed by atoms with van der Waals surface area (Å²) in [5, 5.41) is 5.25. The molecule has 2 aromatic rings. The molecule has 6 heteroatoms. The number of nitrogens with zero attached hydrogens (tertiary/aromatic N) is 2. The Morgan fingerprint density at radius 1 is 1.29 bits per heavy atom. The van der Waals surface area contributed by atoms with Gasteiger partial charge in [-0.25, -0.2) is 14.2 Å². The van der Waals surface area contributed by atoms with E-state index < -0.39 is 11.8 Å². The van der Waals surface area contributed by atoms with Crippen LogP contribution in [-0.4, -0.2) is 25.1 Å². The van der Waals surface area contributed by atoms with Crippen molar-refractivity contribution in [2.24, 2.45) is 0 Å². The zero-order valence-electron chi connectivity index (χ0n) is 11.9. The Bertz CT molecular complexity index is 613. The van der Waals surface area contributed by atoms with Crippen molar-refractivity contribution in [3.63, 3.8) is 0 Å². The van der Waals surface area contributed by atoms with Crippen LogP contribution < -0.4 is 15.5 Å². The van der Waals surface area contributed by atoms with E-state index in [1.54, 1.807) is 12.3 Å². The third-order valence-electron chi connectivity index (χ3n) is 2.80. The molecule has 1 heterocycles. The van der Waals surface area contributed by atoms with Crippen molar-refractivity contribution in [3.05, 3.63) is 54.0 Å². The van der Waals surface area contributed by atoms with E-state index in [0.717, 1.165) is 11.4 Å². The molecule has 2 amide bonds. The summed E-state index contributed by atoms with van der Waals surface area (Å²) in [6.07, 6.45) is 1.71. The Labute approximate surface area is 122 Å². The molecule has 0 saturated carbocycles. The smallest absolute Gasteiger partial charge is 0.319 e. The van der Waals surface area contributed by atoms with Crippen molar-refractivity contribution in [3.8, 4) is 0 Å². The fourth-order valence-electron chi connectivity index (χ4n) is 1.71. The molecule has 0 atom stereocenters. The second-order valence-electron chi connectivity index (χ2n) is 4.74. The van der Waals surface area contributed by atoms with E-state index in [-0.39, 0.29) is 0 Å². The van der Waals surface area contributed by atoms with Crippen LogP contribution in [0.25, 0.3) is 0 Å². The quantitative estimate of drug-likeness (QED) is 0.909. The van der Waals surface area contributed by atoms with Crippen molar-refractivity contribution in [2.75, 3.05) is 24.3 Å². The highest BCUT2D eigenvalue weighted by Gasteiger charge is 2.03. The van der Waals surface area contributed by atoms with Crippen LogP contribution in [0.1, 0.15) is 5.56 Å². The zero-order chi connectivity index (χ0) is 15.2. The number of hydrogen-bond donors (Lipinski definition) is 2. The largest absolute Gasteiger partial charge is 0.363 e. The zero-order valence-corrected chi connectivity index (χ0v) is 11.9. The van der Waals surface area contributed by atoms with Gasteiger partial charge in [0, 0.05) is 32.5 Å². The van der Waals surface area contributed by atoms with Crippen LogP contribution in [0.2, 0.25) is 0 Å². The van der Waals surface area contributed by atoms with E-state index >= 15 is 0 Å². The standard InChI is InChI=1S/C15H17FN4O/c1-20(2)14-7-6-11(9-17-14)10-18-15(21)19-13-5-3-4-12(16)8-13/h3-9H,10H2,1-2H3,(H2,18,19,21). The van der Waals surface area contributed by atoms with Gasteiger partial charge in [-0.2, -0.15) is 0 Å². The monoisotopic (exact) mass is 288 g/mol. The summed E-state index contributed by atoms with van der Waals surface area (Å²) >= 11 is 0. The lowest BCUT2D eigenvalue weighted by Gasteiger charge is -2.12. The lowest BCUT2D eigenvalue weighted by molar-refractivity contribution is 0.251. The van der Waals surface area contributed by atoms with E-state index in [4.69, 9.17) is 0 Å². The van der Waals surface area contributed by atoms with Crippen molar-refractivity contribution in [1.29, 1.82) is 0 Å². The molecule has 0 spiro atoms. The van der Waals surface area contributed by atoms with Crippen LogP contribution in [0.3, 0.4) is 0 Å². The Morgan fingerprint density at radius 3 is 2.71 bits per heavy atom. The average Bonchev–Trinajstić information content (AvgIpc) is 2.45. The number of rotatable bonds is 4. The normalized spacial score (nSPS) is 10.0. The lowest BCUT2D eigenvalue weighted by atomic mass is 10.3. The van der Waals surface area contributed by atoms with Crippen LogP contribution in [0.15, 0.2) is 42.6 Å². The van der Waals surface area contributed by atoms with E-state index in [1.807, 2.05) is 31.1 Å². The highest BCUT2D eigenvalue weighted by molar-refractivity contribution is 5.89. The van der Waals surface area contributed by atoms with Gasteiger partial charge >= 0.3 is 6.03 Å². The number of hydrogen-bond acceptors (Lipinski definition) is 3. The third-order valence-corrected chi connectivity index (χ3v) is 2.80. The molecule has 0 radical (unpaired) electrons. The first-order valence-electron chi connectivity index (χ1n) is 6.47. The van der Waals surface area contributed by atoms with Gasteiger partial charge in [0.25, 0.3) is 0 Å². The fraction of sp³-hybridized carbons (Fsp3) is 0.200. The Balaban J connectivity index is 1.86. The molecule has 2 N–H and O–H groups in total. The van der Waals surface area contributed by atoms with Gasteiger partial charge in [-0.05, 0) is 29.8 Å². The second kappa shape index (κ2) is 6.69. The van der Waals surface area contributed by atoms with Crippen molar-refractivity contribution in [1.82, 2.24) is 10.3 Å². The van der Waals surface area contributed by atoms with Gasteiger partial charge in [0.15, 0.2) is 0 Å². The van der Waals surface area contributed by atoms with Crippen molar-refractivity contribution in [2.45, 2.75) is 6.54 Å². The van der Waals surface area contributed by atoms with Gasteiger partial charge in [0.2, 0.25) is 0 Å². The maximum absolute atomic E-state index is 13.0. The molecule has 1 aromatic heterocycles. The minimum atomic E-state index is -0.392. The first-order chi connectivity index (χ1) is 10.0. The number of amides is 2. The number of benzene rings is 1. The van der Waals surface area contributed by atoms with E-state index in [9.17, 15) is 9.18 Å². The summed E-state index contributed by atoms with van der Waals surface area (Å²) in [5.74, 6) is 0.458. The van der Waals surface area contributed by atoms with Crippen LogP contribution in [0.4, 0.5) is 20.7 Å². The first-order valence-corrected chi connectivity index (χ1v) is 6.47. The summed E-state index contributed by atoms with van der Waals surface area (Å²) in [6.45, 7) is 0.349. The van der Waals surface area contributed by atoms with Crippen molar-refractivity contribution >= 4 is 17.5 Å². The number of aromatic nitrogens is 1. The number of pyridine rings is 1. The molecule has 5 nitrogen and oxygen atoms in total. The maximum Gasteiger partial charge on any atom is 0.319 e. The van der Waals surface area contributed by atoms with Gasteiger partial charge in [-0.15, -0.1) is 0 Å². The number of nitrogens with one attached hydrogen (secondary N) is 2. The molecule has 0 unspecified atom stereocenters. The molecule has 2 rings (SSSR count). The van der Waals surface area contributed by atoms with Crippen LogP contribution in [0.5, 0.6) is 0 Å². The molecule has 110 valence electrons. The molecule has 0 saturated heterocycles. The van der Waals surface area contributed by atoms with Gasteiger partial charge in [0.1, 0.15) is 11.6 Å². The molecule has 21 heavy (non-hydrogen) atoms. The first kappa shape index (κ1) is 14.8. The Morgan fingerprint density at radius 2 is 2.10 bits per heavy atom. The van der Waals surface area contributed by atoms with Gasteiger partial charge in [0.05, 0.1) is 0 Å². The second-order valence-corrected chi connectivity index (χ2v) is 4.74. The molecular formula is C15H17FN4O. The number of urea groups is 1. The number of anilines is 2. The fourth-order valence-corrected chi connectivity index (χ4v) is 1.71. The summed E-state index contributed by atoms with van der Waals surface area (Å²) < 4.78 is 13.0. The number of halogens is 1. The van der Waals surface area contributed by atoms with Gasteiger partial charge in [-0.3, -0.25) is 0 Å². The highest BCUT2D eigenvalue weighted by Crippen LogP contribution is 2.09. The van der Waals surface area contributed by atoms with Crippen LogP contribution in [-0.2, 0) is 6.54 Å². The summed E-state index contributed by atoms with van der Waals surface area (Å²) in [6, 6.07) is 9.11. The highest BCUT2D eigenvalue weighted by atomic mass is 19.1. The average molecular weight is 288 g/mol. The Kier molecular flexibility index (Phi) is 4.71. The number of carbonyl (C=O) groups excluding carboxylic acids is 1. The van der Waals surface area contributed by atoms with E-state index in [2.05, 4.69) is 15.6 Å².